The fourth-order valence-electron chi connectivity index (χ4n) is 1.61. The van der Waals surface area contributed by atoms with Crippen LogP contribution in [0.3, 0.4) is 0 Å². The van der Waals surface area contributed by atoms with Crippen LogP contribution in [-0.2, 0) is 6.61 Å². The van der Waals surface area contributed by atoms with Gasteiger partial charge in [0.05, 0.1) is 23.9 Å². The van der Waals surface area contributed by atoms with E-state index in [4.69, 9.17) is 16.7 Å². The van der Waals surface area contributed by atoms with Gasteiger partial charge in [-0.15, -0.1) is 6.58 Å². The van der Waals surface area contributed by atoms with Crippen LogP contribution in [0.5, 0.6) is 0 Å². The Bertz CT molecular complexity index is 355. The first kappa shape index (κ1) is 13.0. The molecule has 1 aromatic rings. The summed E-state index contributed by atoms with van der Waals surface area (Å²) in [4.78, 5) is 1.89. The van der Waals surface area contributed by atoms with E-state index in [2.05, 4.69) is 6.58 Å². The highest BCUT2D eigenvalue weighted by molar-refractivity contribution is 6.33. The smallest absolute Gasteiger partial charge is 0.0702 e. The van der Waals surface area contributed by atoms with Gasteiger partial charge in [-0.1, -0.05) is 29.8 Å². The van der Waals surface area contributed by atoms with Crippen LogP contribution in [0.1, 0.15) is 5.56 Å². The van der Waals surface area contributed by atoms with Crippen molar-refractivity contribution in [2.24, 2.45) is 0 Å². The zero-order valence-corrected chi connectivity index (χ0v) is 9.82. The highest BCUT2D eigenvalue weighted by atomic mass is 35.5. The number of anilines is 1. The van der Waals surface area contributed by atoms with Gasteiger partial charge in [0.1, 0.15) is 0 Å². The van der Waals surface area contributed by atoms with Crippen molar-refractivity contribution in [3.63, 3.8) is 0 Å². The molecular weight excluding hydrogens is 226 g/mol. The molecule has 88 valence electrons. The molecule has 0 bridgehead atoms. The molecule has 0 fully saturated rings. The maximum absolute atomic E-state index is 9.25. The molecule has 1 rings (SSSR count). The van der Waals surface area contributed by atoms with Crippen LogP contribution in [0.25, 0.3) is 0 Å². The molecule has 0 aliphatic carbocycles. The second kappa shape index (κ2) is 6.53. The fourth-order valence-corrected chi connectivity index (χ4v) is 1.93. The Kier molecular flexibility index (Phi) is 5.32. The molecule has 0 heterocycles. The first-order valence-corrected chi connectivity index (χ1v) is 5.47. The average molecular weight is 242 g/mol. The van der Waals surface area contributed by atoms with Crippen LogP contribution in [0.2, 0.25) is 5.02 Å². The van der Waals surface area contributed by atoms with Crippen LogP contribution in [0, 0.1) is 0 Å². The lowest BCUT2D eigenvalue weighted by Crippen LogP contribution is -2.28. The van der Waals surface area contributed by atoms with E-state index in [1.54, 1.807) is 18.2 Å². The minimum absolute atomic E-state index is 0.0317. The molecule has 4 heteroatoms. The molecule has 0 radical (unpaired) electrons. The highest BCUT2D eigenvalue weighted by Gasteiger charge is 2.12. The topological polar surface area (TPSA) is 43.7 Å². The Morgan fingerprint density at radius 1 is 1.38 bits per heavy atom. The van der Waals surface area contributed by atoms with Crippen molar-refractivity contribution in [1.29, 1.82) is 0 Å². The van der Waals surface area contributed by atoms with E-state index in [9.17, 15) is 5.11 Å². The van der Waals surface area contributed by atoms with E-state index in [1.807, 2.05) is 11.0 Å². The van der Waals surface area contributed by atoms with Crippen molar-refractivity contribution >= 4 is 17.3 Å². The van der Waals surface area contributed by atoms with Gasteiger partial charge in [0, 0.05) is 18.7 Å². The predicted octanol–water partition coefficient (Wildman–Crippen LogP) is 1.82. The summed E-state index contributed by atoms with van der Waals surface area (Å²) in [5.41, 5.74) is 1.52. The monoisotopic (exact) mass is 241 g/mol. The Hall–Kier alpha value is -1.03. The second-order valence-electron chi connectivity index (χ2n) is 3.36. The summed E-state index contributed by atoms with van der Waals surface area (Å²) in [5.74, 6) is 0. The molecule has 0 aliphatic rings. The van der Waals surface area contributed by atoms with E-state index >= 15 is 0 Å². The van der Waals surface area contributed by atoms with E-state index in [1.165, 1.54) is 0 Å². The van der Waals surface area contributed by atoms with Crippen molar-refractivity contribution < 1.29 is 10.2 Å². The average Bonchev–Trinajstić information content (AvgIpc) is 2.28. The van der Waals surface area contributed by atoms with Gasteiger partial charge in [0.15, 0.2) is 0 Å². The third-order valence-electron chi connectivity index (χ3n) is 2.28. The van der Waals surface area contributed by atoms with Gasteiger partial charge < -0.3 is 15.1 Å². The van der Waals surface area contributed by atoms with Crippen LogP contribution < -0.4 is 4.90 Å². The maximum Gasteiger partial charge on any atom is 0.0702 e. The summed E-state index contributed by atoms with van der Waals surface area (Å²) < 4.78 is 0. The maximum atomic E-state index is 9.25. The Morgan fingerprint density at radius 3 is 2.69 bits per heavy atom. The number of hydrogen-bond donors (Lipinski definition) is 2. The zero-order chi connectivity index (χ0) is 12.0. The Labute approximate surface area is 101 Å². The summed E-state index contributed by atoms with van der Waals surface area (Å²) in [6.45, 7) is 4.66. The zero-order valence-electron chi connectivity index (χ0n) is 9.06. The molecule has 0 aromatic heterocycles. The van der Waals surface area contributed by atoms with Crippen LogP contribution >= 0.6 is 11.6 Å². The lowest BCUT2D eigenvalue weighted by molar-refractivity contribution is 0.281. The highest BCUT2D eigenvalue weighted by Crippen LogP contribution is 2.29. The number of hydrogen-bond acceptors (Lipinski definition) is 3. The van der Waals surface area contributed by atoms with Gasteiger partial charge in [-0.05, 0) is 6.07 Å². The summed E-state index contributed by atoms with van der Waals surface area (Å²) in [6.07, 6.45) is 1.74. The SMILES string of the molecule is C=CCN(CCO)c1c(Cl)cccc1CO. The number of aliphatic hydroxyl groups is 2. The molecule has 0 unspecified atom stereocenters. The molecule has 2 N–H and O–H groups in total. The molecule has 0 spiro atoms. The van der Waals surface area contributed by atoms with Crippen molar-refractivity contribution in [2.45, 2.75) is 6.61 Å². The van der Waals surface area contributed by atoms with Crippen LogP contribution in [0.4, 0.5) is 5.69 Å². The molecule has 0 amide bonds. The molecular formula is C12H16ClNO2. The van der Waals surface area contributed by atoms with E-state index < -0.39 is 0 Å². The standard InChI is InChI=1S/C12H16ClNO2/c1-2-6-14(7-8-15)12-10(9-16)4-3-5-11(12)13/h2-5,15-16H,1,6-9H2. The summed E-state index contributed by atoms with van der Waals surface area (Å²) in [5, 5.41) is 18.8. The van der Waals surface area contributed by atoms with Gasteiger partial charge in [-0.3, -0.25) is 0 Å². The first-order valence-electron chi connectivity index (χ1n) is 5.09. The number of para-hydroxylation sites is 1. The van der Waals surface area contributed by atoms with E-state index in [0.717, 1.165) is 11.3 Å². The number of rotatable bonds is 6. The van der Waals surface area contributed by atoms with Crippen molar-refractivity contribution in [3.05, 3.63) is 41.4 Å². The Balaban J connectivity index is 3.09. The lowest BCUT2D eigenvalue weighted by Gasteiger charge is -2.25. The van der Waals surface area contributed by atoms with E-state index in [0.29, 0.717) is 18.1 Å². The largest absolute Gasteiger partial charge is 0.395 e. The van der Waals surface area contributed by atoms with Gasteiger partial charge in [0.2, 0.25) is 0 Å². The number of nitrogens with zero attached hydrogens (tertiary/aromatic N) is 1. The molecule has 0 saturated heterocycles. The second-order valence-corrected chi connectivity index (χ2v) is 3.77. The third-order valence-corrected chi connectivity index (χ3v) is 2.58. The third kappa shape index (κ3) is 2.98. The van der Waals surface area contributed by atoms with Crippen LogP contribution in [0.15, 0.2) is 30.9 Å². The Morgan fingerprint density at radius 2 is 2.12 bits per heavy atom. The molecule has 16 heavy (non-hydrogen) atoms. The van der Waals surface area contributed by atoms with Gasteiger partial charge in [-0.25, -0.2) is 0 Å². The van der Waals surface area contributed by atoms with Gasteiger partial charge in [0.25, 0.3) is 0 Å². The van der Waals surface area contributed by atoms with Crippen molar-refractivity contribution in [3.8, 4) is 0 Å². The molecule has 0 aliphatic heterocycles. The van der Waals surface area contributed by atoms with E-state index in [-0.39, 0.29) is 13.2 Å². The molecule has 3 nitrogen and oxygen atoms in total. The first-order chi connectivity index (χ1) is 7.74. The normalized spacial score (nSPS) is 10.2. The minimum Gasteiger partial charge on any atom is -0.395 e. The number of halogens is 1. The summed E-state index contributed by atoms with van der Waals surface area (Å²) in [6, 6.07) is 5.38. The molecule has 1 aromatic carbocycles. The summed E-state index contributed by atoms with van der Waals surface area (Å²) in [7, 11) is 0. The van der Waals surface area contributed by atoms with Crippen molar-refractivity contribution in [2.75, 3.05) is 24.6 Å². The number of benzene rings is 1. The summed E-state index contributed by atoms with van der Waals surface area (Å²) >= 11 is 6.11. The number of aliphatic hydroxyl groups excluding tert-OH is 2. The van der Waals surface area contributed by atoms with Crippen molar-refractivity contribution in [1.82, 2.24) is 0 Å². The fraction of sp³-hybridized carbons (Fsp3) is 0.333. The predicted molar refractivity (Wildman–Crippen MR) is 66.9 cm³/mol. The minimum atomic E-state index is -0.0744. The lowest BCUT2D eigenvalue weighted by atomic mass is 10.1. The quantitative estimate of drug-likeness (QED) is 0.747. The molecule has 0 atom stereocenters. The molecule has 0 saturated carbocycles. The van der Waals surface area contributed by atoms with Gasteiger partial charge in [-0.2, -0.15) is 0 Å². The van der Waals surface area contributed by atoms with Gasteiger partial charge >= 0.3 is 0 Å². The van der Waals surface area contributed by atoms with Crippen LogP contribution in [-0.4, -0.2) is 29.9 Å².